The maximum Gasteiger partial charge on any atom is 0.329 e. The van der Waals surface area contributed by atoms with Crippen molar-refractivity contribution < 1.29 is 49.9 Å². The van der Waals surface area contributed by atoms with Crippen LogP contribution in [-0.2, 0) is 36.8 Å². The van der Waals surface area contributed by atoms with Crippen LogP contribution in [0.2, 0.25) is 0 Å². The molecule has 0 aliphatic heterocycles. The van der Waals surface area contributed by atoms with E-state index in [4.69, 9.17) is 43.4 Å². The molecule has 0 aliphatic carbocycles. The number of para-hydroxylation sites is 1. The van der Waals surface area contributed by atoms with Crippen molar-refractivity contribution in [3.63, 3.8) is 0 Å². The number of hydrogen-bond donors (Lipinski definition) is 10. The molecule has 0 radical (unpaired) electrons. The van der Waals surface area contributed by atoms with Crippen LogP contribution in [0.1, 0.15) is 24.0 Å². The van der Waals surface area contributed by atoms with E-state index in [1.807, 2.05) is 36.5 Å². The number of rotatable bonds is 13. The van der Waals surface area contributed by atoms with Crippen LogP contribution in [0.4, 0.5) is 0 Å². The Hall–Kier alpha value is -5.65. The summed E-state index contributed by atoms with van der Waals surface area (Å²) in [5.41, 5.74) is 28.2. The number of carboxylic acid groups (broad SMARTS) is 4. The smallest absolute Gasteiger partial charge is 0.329 e. The van der Waals surface area contributed by atoms with Crippen LogP contribution < -0.4 is 28.7 Å². The van der Waals surface area contributed by atoms with E-state index < -0.39 is 42.0 Å². The zero-order valence-corrected chi connectivity index (χ0v) is 25.4. The zero-order chi connectivity index (χ0) is 35.1. The highest BCUT2D eigenvalue weighted by Gasteiger charge is 2.16. The molecule has 47 heavy (non-hydrogen) atoms. The maximum atomic E-state index is 10.6. The van der Waals surface area contributed by atoms with Crippen molar-refractivity contribution in [1.82, 2.24) is 4.98 Å². The Morgan fingerprint density at radius 1 is 0.830 bits per heavy atom. The molecule has 0 saturated carbocycles. The number of hydrogen-bond acceptors (Lipinski definition) is 10. The first-order valence-electron chi connectivity index (χ1n) is 13.6. The first-order chi connectivity index (χ1) is 21.7. The lowest BCUT2D eigenvalue weighted by Gasteiger charge is -2.04. The predicted octanol–water partition coefficient (Wildman–Crippen LogP) is -1.20. The van der Waals surface area contributed by atoms with Crippen molar-refractivity contribution in [3.8, 4) is 0 Å². The van der Waals surface area contributed by atoms with Crippen LogP contribution in [0.5, 0.6) is 0 Å². The number of carboxylic acids is 4. The second kappa shape index (κ2) is 24.6. The summed E-state index contributed by atoms with van der Waals surface area (Å²) in [5.74, 6) is -4.04. The normalized spacial score (nSPS) is 11.4. The molecule has 2 aromatic carbocycles. The quantitative estimate of drug-likeness (QED) is 0.0445. The average molecular weight is 663 g/mol. The SMILES string of the molecule is NC(Cc1c[nH]c2ccccc12)C(=O)O.NC(N)=NCCCC(N)C(=O)O.NCC(=O)O.O.O=C=NC(Cc1ccccc1)C(=O)O. The predicted molar refractivity (Wildman–Crippen MR) is 173 cm³/mol. The first-order valence-corrected chi connectivity index (χ1v) is 13.6. The molecule has 3 atom stereocenters. The number of carbonyl (C=O) groups is 4. The van der Waals surface area contributed by atoms with Gasteiger partial charge in [-0.3, -0.25) is 19.4 Å². The van der Waals surface area contributed by atoms with Gasteiger partial charge in [-0.05, 0) is 30.0 Å². The van der Waals surface area contributed by atoms with Gasteiger partial charge in [0, 0.05) is 36.5 Å². The van der Waals surface area contributed by atoms with Crippen molar-refractivity contribution in [2.24, 2.45) is 38.7 Å². The third kappa shape index (κ3) is 20.1. The molecule has 258 valence electrons. The lowest BCUT2D eigenvalue weighted by Crippen LogP contribution is -2.32. The Balaban J connectivity index is 0. The number of H-pyrrole nitrogens is 1. The van der Waals surface area contributed by atoms with Crippen molar-refractivity contribution >= 4 is 46.8 Å². The van der Waals surface area contributed by atoms with E-state index in [0.717, 1.165) is 22.0 Å². The van der Waals surface area contributed by atoms with Gasteiger partial charge in [0.05, 0.1) is 6.54 Å². The van der Waals surface area contributed by atoms with Gasteiger partial charge in [-0.2, -0.15) is 4.99 Å². The summed E-state index contributed by atoms with van der Waals surface area (Å²) in [6, 6.07) is 14.1. The van der Waals surface area contributed by atoms with Gasteiger partial charge in [-0.25, -0.2) is 9.59 Å². The van der Waals surface area contributed by atoms with Crippen molar-refractivity contribution in [2.45, 2.75) is 43.8 Å². The van der Waals surface area contributed by atoms with Gasteiger partial charge in [0.2, 0.25) is 6.08 Å². The van der Waals surface area contributed by atoms with Crippen LogP contribution >= 0.6 is 0 Å². The number of fused-ring (bicyclic) bond motifs is 1. The zero-order valence-electron chi connectivity index (χ0n) is 25.4. The molecule has 0 spiro atoms. The van der Waals surface area contributed by atoms with E-state index in [1.165, 1.54) is 6.08 Å². The number of nitrogens with zero attached hydrogens (tertiary/aromatic N) is 2. The van der Waals surface area contributed by atoms with E-state index in [0.29, 0.717) is 25.8 Å². The number of aliphatic imine (C=N–C) groups is 2. The highest BCUT2D eigenvalue weighted by atomic mass is 16.4. The molecule has 3 aromatic rings. The number of nitrogens with one attached hydrogen (secondary N) is 1. The number of nitrogens with two attached hydrogens (primary N) is 5. The molecule has 0 bridgehead atoms. The summed E-state index contributed by atoms with van der Waals surface area (Å²) >= 11 is 0. The molecule has 18 nitrogen and oxygen atoms in total. The molecule has 17 N–H and O–H groups in total. The fourth-order valence-electron chi connectivity index (χ4n) is 3.36. The Morgan fingerprint density at radius 2 is 1.38 bits per heavy atom. The van der Waals surface area contributed by atoms with Crippen LogP contribution in [-0.4, -0.2) is 98.0 Å². The molecular weight excluding hydrogens is 620 g/mol. The molecular formula is C29H42N8O10. The second-order valence-corrected chi connectivity index (χ2v) is 9.26. The van der Waals surface area contributed by atoms with Gasteiger partial charge >= 0.3 is 23.9 Å². The standard InChI is InChI=1S/C11H12N2O2.C10H9NO3.C6H14N4O2.C2H5NO2.H2O/c12-9(11(14)15)5-7-6-13-10-4-2-1-3-8(7)10;12-7-11-9(10(13)14)6-8-4-2-1-3-5-8;7-4(5(11)12)2-1-3-10-6(8)9;3-1-2(4)5;/h1-4,6,9,13H,5,12H2,(H,14,15);1-5,9H,6H2,(H,13,14);4H,1-3,7H2,(H,11,12)(H4,8,9,10);1,3H2,(H,4,5);1H2. The fraction of sp³-hybridized carbons (Fsp3) is 0.310. The monoisotopic (exact) mass is 662 g/mol. The topological polar surface area (TPSA) is 368 Å². The molecule has 0 amide bonds. The van der Waals surface area contributed by atoms with Gasteiger partial charge in [0.15, 0.2) is 12.0 Å². The third-order valence-electron chi connectivity index (χ3n) is 5.66. The van der Waals surface area contributed by atoms with Crippen LogP contribution in [0, 0.1) is 0 Å². The van der Waals surface area contributed by atoms with E-state index in [9.17, 15) is 24.0 Å². The molecule has 3 unspecified atom stereocenters. The van der Waals surface area contributed by atoms with Gasteiger partial charge < -0.3 is 59.6 Å². The number of aliphatic carboxylic acids is 4. The second-order valence-electron chi connectivity index (χ2n) is 9.26. The number of benzene rings is 2. The van der Waals surface area contributed by atoms with Gasteiger partial charge in [0.1, 0.15) is 12.1 Å². The van der Waals surface area contributed by atoms with Gasteiger partial charge in [-0.15, -0.1) is 0 Å². The highest BCUT2D eigenvalue weighted by Crippen LogP contribution is 2.18. The number of carbonyl (C=O) groups excluding carboxylic acids is 1. The average Bonchev–Trinajstić information content (AvgIpc) is 3.42. The van der Waals surface area contributed by atoms with Crippen LogP contribution in [0.3, 0.4) is 0 Å². The summed E-state index contributed by atoms with van der Waals surface area (Å²) in [5, 5.41) is 34.4. The third-order valence-corrected chi connectivity index (χ3v) is 5.66. The first kappa shape index (κ1) is 43.5. The summed E-state index contributed by atoms with van der Waals surface area (Å²) in [6.07, 6.45) is 4.59. The minimum Gasteiger partial charge on any atom is -0.480 e. The Bertz CT molecular complexity index is 1450. The summed E-state index contributed by atoms with van der Waals surface area (Å²) in [7, 11) is 0. The molecule has 0 aliphatic rings. The largest absolute Gasteiger partial charge is 0.480 e. The van der Waals surface area contributed by atoms with E-state index >= 15 is 0 Å². The van der Waals surface area contributed by atoms with Crippen molar-refractivity contribution in [3.05, 3.63) is 71.9 Å². The van der Waals surface area contributed by atoms with Crippen LogP contribution in [0.25, 0.3) is 10.9 Å². The number of aromatic amines is 1. The number of isocyanates is 1. The summed E-state index contributed by atoms with van der Waals surface area (Å²) in [6.45, 7) is 0.142. The highest BCUT2D eigenvalue weighted by molar-refractivity contribution is 5.84. The number of guanidine groups is 1. The molecule has 1 heterocycles. The molecule has 0 fully saturated rings. The lowest BCUT2D eigenvalue weighted by molar-refractivity contribution is -0.139. The Labute approximate surface area is 269 Å². The summed E-state index contributed by atoms with van der Waals surface area (Å²) < 4.78 is 0. The minimum absolute atomic E-state index is 0. The van der Waals surface area contributed by atoms with Crippen molar-refractivity contribution in [1.29, 1.82) is 0 Å². The van der Waals surface area contributed by atoms with E-state index in [2.05, 4.69) is 20.7 Å². The molecule has 1 aromatic heterocycles. The van der Waals surface area contributed by atoms with E-state index in [1.54, 1.807) is 24.3 Å². The Morgan fingerprint density at radius 3 is 1.87 bits per heavy atom. The molecule has 3 rings (SSSR count). The van der Waals surface area contributed by atoms with Gasteiger partial charge in [0.25, 0.3) is 0 Å². The Kier molecular flexibility index (Phi) is 22.8. The van der Waals surface area contributed by atoms with Crippen molar-refractivity contribution in [2.75, 3.05) is 13.1 Å². The maximum absolute atomic E-state index is 10.6. The summed E-state index contributed by atoms with van der Waals surface area (Å²) in [4.78, 5) is 60.6. The van der Waals surface area contributed by atoms with Gasteiger partial charge in [-0.1, -0.05) is 48.5 Å². The molecule has 18 heteroatoms. The lowest BCUT2D eigenvalue weighted by atomic mass is 10.1. The minimum atomic E-state index is -1.11. The number of aromatic nitrogens is 1. The molecule has 0 saturated heterocycles. The van der Waals surface area contributed by atoms with Crippen LogP contribution in [0.15, 0.2) is 70.8 Å². The fourth-order valence-corrected chi connectivity index (χ4v) is 3.36. The van der Waals surface area contributed by atoms with E-state index in [-0.39, 0.29) is 24.4 Å².